The number of carbonyl (C=O) groups is 2. The third-order valence-electron chi connectivity index (χ3n) is 6.40. The molecule has 0 aliphatic carbocycles. The van der Waals surface area contributed by atoms with Gasteiger partial charge in [0.2, 0.25) is 5.91 Å². The SMILES string of the molecule is CCn1c(=O)c(=O)n(Cc2ccc(C(=O)N[C@H](C)C(=O)N3CCCCC3)cc2)c2ccccc21. The summed E-state index contributed by atoms with van der Waals surface area (Å²) in [4.78, 5) is 52.4. The van der Waals surface area contributed by atoms with Crippen LogP contribution in [0.2, 0.25) is 0 Å². The monoisotopic (exact) mass is 462 g/mol. The van der Waals surface area contributed by atoms with Crippen LogP contribution in [0.25, 0.3) is 11.0 Å². The van der Waals surface area contributed by atoms with Gasteiger partial charge in [-0.2, -0.15) is 0 Å². The molecule has 34 heavy (non-hydrogen) atoms. The molecule has 2 aromatic carbocycles. The van der Waals surface area contributed by atoms with E-state index in [4.69, 9.17) is 0 Å². The molecule has 1 N–H and O–H groups in total. The number of rotatable bonds is 6. The lowest BCUT2D eigenvalue weighted by atomic mass is 10.1. The summed E-state index contributed by atoms with van der Waals surface area (Å²) in [5.41, 5.74) is 1.48. The van der Waals surface area contributed by atoms with Gasteiger partial charge in [-0.05, 0) is 62.9 Å². The van der Waals surface area contributed by atoms with Crippen LogP contribution in [0.3, 0.4) is 0 Å². The highest BCUT2D eigenvalue weighted by Crippen LogP contribution is 2.14. The minimum Gasteiger partial charge on any atom is -0.341 e. The Kier molecular flexibility index (Phi) is 6.95. The highest BCUT2D eigenvalue weighted by Gasteiger charge is 2.23. The van der Waals surface area contributed by atoms with Gasteiger partial charge in [0.05, 0.1) is 17.6 Å². The minimum atomic E-state index is -0.597. The summed E-state index contributed by atoms with van der Waals surface area (Å²) in [6.45, 7) is 5.65. The first kappa shape index (κ1) is 23.5. The van der Waals surface area contributed by atoms with Crippen LogP contribution >= 0.6 is 0 Å². The number of benzene rings is 2. The van der Waals surface area contributed by atoms with Crippen molar-refractivity contribution in [3.63, 3.8) is 0 Å². The van der Waals surface area contributed by atoms with Crippen LogP contribution in [0.5, 0.6) is 0 Å². The Balaban J connectivity index is 1.50. The van der Waals surface area contributed by atoms with Gasteiger partial charge >= 0.3 is 11.1 Å². The second-order valence-electron chi connectivity index (χ2n) is 8.71. The quantitative estimate of drug-likeness (QED) is 0.569. The van der Waals surface area contributed by atoms with Gasteiger partial charge in [-0.25, -0.2) is 0 Å². The van der Waals surface area contributed by atoms with Crippen molar-refractivity contribution in [2.45, 2.75) is 52.2 Å². The first-order chi connectivity index (χ1) is 16.4. The molecule has 2 heterocycles. The highest BCUT2D eigenvalue weighted by molar-refractivity contribution is 5.97. The van der Waals surface area contributed by atoms with Crippen LogP contribution in [-0.2, 0) is 17.9 Å². The molecule has 8 heteroatoms. The number of aromatic nitrogens is 2. The number of hydrogen-bond donors (Lipinski definition) is 1. The molecular formula is C26H30N4O4. The molecule has 1 aliphatic rings. The van der Waals surface area contributed by atoms with Gasteiger partial charge in [0.25, 0.3) is 5.91 Å². The normalized spacial score (nSPS) is 14.7. The fourth-order valence-corrected chi connectivity index (χ4v) is 4.52. The Morgan fingerprint density at radius 1 is 0.882 bits per heavy atom. The molecule has 1 fully saturated rings. The van der Waals surface area contributed by atoms with Crippen LogP contribution in [0.15, 0.2) is 58.1 Å². The summed E-state index contributed by atoms with van der Waals surface area (Å²) in [5.74, 6) is -0.379. The van der Waals surface area contributed by atoms with E-state index >= 15 is 0 Å². The molecule has 1 atom stereocenters. The lowest BCUT2D eigenvalue weighted by Crippen LogP contribution is -2.48. The third kappa shape index (κ3) is 4.66. The minimum absolute atomic E-state index is 0.0577. The molecule has 2 amide bonds. The maximum Gasteiger partial charge on any atom is 0.317 e. The largest absolute Gasteiger partial charge is 0.341 e. The summed E-state index contributed by atoms with van der Waals surface area (Å²) < 4.78 is 2.95. The van der Waals surface area contributed by atoms with Crippen molar-refractivity contribution in [3.05, 3.63) is 80.4 Å². The van der Waals surface area contributed by atoms with E-state index in [-0.39, 0.29) is 18.4 Å². The molecule has 8 nitrogen and oxygen atoms in total. The number of para-hydroxylation sites is 2. The molecule has 0 unspecified atom stereocenters. The van der Waals surface area contributed by atoms with Crippen LogP contribution in [0.1, 0.15) is 49.0 Å². The van der Waals surface area contributed by atoms with E-state index < -0.39 is 17.2 Å². The zero-order valence-electron chi connectivity index (χ0n) is 19.6. The lowest BCUT2D eigenvalue weighted by Gasteiger charge is -2.29. The number of amides is 2. The molecule has 0 saturated carbocycles. The predicted molar refractivity (Wildman–Crippen MR) is 131 cm³/mol. The zero-order valence-corrected chi connectivity index (χ0v) is 19.6. The molecule has 1 aliphatic heterocycles. The number of fused-ring (bicyclic) bond motifs is 1. The number of carbonyl (C=O) groups excluding carboxylic acids is 2. The Morgan fingerprint density at radius 2 is 1.47 bits per heavy atom. The fourth-order valence-electron chi connectivity index (χ4n) is 4.52. The standard InChI is InChI=1S/C26H30N4O4/c1-3-29-21-9-5-6-10-22(21)30(26(34)25(29)33)17-19-11-13-20(14-12-19)23(31)27-18(2)24(32)28-15-7-4-8-16-28/h5-6,9-14,18H,3-4,7-8,15-17H2,1-2H3,(H,27,31)/t18-/m1/s1. The molecule has 4 rings (SSSR count). The molecule has 3 aromatic rings. The smallest absolute Gasteiger partial charge is 0.317 e. The number of aryl methyl sites for hydroxylation is 1. The third-order valence-corrected chi connectivity index (χ3v) is 6.40. The molecule has 1 aromatic heterocycles. The second kappa shape index (κ2) is 10.1. The van der Waals surface area contributed by atoms with E-state index in [1.165, 1.54) is 9.13 Å². The van der Waals surface area contributed by atoms with Crippen molar-refractivity contribution >= 4 is 22.8 Å². The van der Waals surface area contributed by atoms with Crippen molar-refractivity contribution in [2.75, 3.05) is 13.1 Å². The summed E-state index contributed by atoms with van der Waals surface area (Å²) >= 11 is 0. The van der Waals surface area contributed by atoms with Gasteiger partial charge in [0.1, 0.15) is 6.04 Å². The Hall–Kier alpha value is -3.68. The molecular weight excluding hydrogens is 432 g/mol. The van der Waals surface area contributed by atoms with Gasteiger partial charge in [-0.1, -0.05) is 24.3 Å². The molecule has 0 radical (unpaired) electrons. The van der Waals surface area contributed by atoms with E-state index in [0.717, 1.165) is 37.9 Å². The molecule has 0 bridgehead atoms. The number of hydrogen-bond acceptors (Lipinski definition) is 4. The average Bonchev–Trinajstić information content (AvgIpc) is 2.87. The Morgan fingerprint density at radius 3 is 2.09 bits per heavy atom. The van der Waals surface area contributed by atoms with Crippen molar-refractivity contribution in [1.82, 2.24) is 19.4 Å². The summed E-state index contributed by atoms with van der Waals surface area (Å²) in [6.07, 6.45) is 3.14. The van der Waals surface area contributed by atoms with Gasteiger partial charge in [-0.3, -0.25) is 23.7 Å². The van der Waals surface area contributed by atoms with Gasteiger partial charge in [0, 0.05) is 25.2 Å². The summed E-state index contributed by atoms with van der Waals surface area (Å²) in [5, 5.41) is 2.79. The van der Waals surface area contributed by atoms with Crippen molar-refractivity contribution < 1.29 is 9.59 Å². The Bertz CT molecular complexity index is 1320. The lowest BCUT2D eigenvalue weighted by molar-refractivity contribution is -0.133. The Labute approximate surface area is 197 Å². The van der Waals surface area contributed by atoms with E-state index in [2.05, 4.69) is 5.32 Å². The first-order valence-corrected chi connectivity index (χ1v) is 11.8. The highest BCUT2D eigenvalue weighted by atomic mass is 16.2. The number of likely N-dealkylation sites (tertiary alicyclic amines) is 1. The maximum absolute atomic E-state index is 12.8. The summed E-state index contributed by atoms with van der Waals surface area (Å²) in [6, 6.07) is 13.6. The molecule has 1 saturated heterocycles. The van der Waals surface area contributed by atoms with E-state index in [0.29, 0.717) is 23.1 Å². The van der Waals surface area contributed by atoms with E-state index in [1.54, 1.807) is 31.2 Å². The van der Waals surface area contributed by atoms with Crippen LogP contribution in [-0.4, -0.2) is 45.0 Å². The topological polar surface area (TPSA) is 93.4 Å². The van der Waals surface area contributed by atoms with Gasteiger partial charge < -0.3 is 14.8 Å². The molecule has 0 spiro atoms. The van der Waals surface area contributed by atoms with Gasteiger partial charge in [0.15, 0.2) is 0 Å². The van der Waals surface area contributed by atoms with E-state index in [1.807, 2.05) is 36.1 Å². The van der Waals surface area contributed by atoms with E-state index in [9.17, 15) is 19.2 Å². The van der Waals surface area contributed by atoms with Crippen LogP contribution in [0.4, 0.5) is 0 Å². The maximum atomic E-state index is 12.8. The number of nitrogens with zero attached hydrogens (tertiary/aromatic N) is 3. The van der Waals surface area contributed by atoms with Crippen molar-refractivity contribution in [1.29, 1.82) is 0 Å². The van der Waals surface area contributed by atoms with Gasteiger partial charge in [-0.15, -0.1) is 0 Å². The van der Waals surface area contributed by atoms with Crippen molar-refractivity contribution in [2.24, 2.45) is 0 Å². The van der Waals surface area contributed by atoms with Crippen LogP contribution in [0, 0.1) is 0 Å². The number of piperidine rings is 1. The average molecular weight is 463 g/mol. The predicted octanol–water partition coefficient (Wildman–Crippen LogP) is 2.36. The summed E-state index contributed by atoms with van der Waals surface area (Å²) in [7, 11) is 0. The number of nitrogens with one attached hydrogen (secondary N) is 1. The fraction of sp³-hybridized carbons (Fsp3) is 0.385. The molecule has 178 valence electrons. The second-order valence-corrected chi connectivity index (χ2v) is 8.71. The van der Waals surface area contributed by atoms with Crippen LogP contribution < -0.4 is 16.4 Å². The van der Waals surface area contributed by atoms with Crippen molar-refractivity contribution in [3.8, 4) is 0 Å². The first-order valence-electron chi connectivity index (χ1n) is 11.8. The zero-order chi connectivity index (χ0) is 24.2.